The van der Waals surface area contributed by atoms with E-state index >= 15 is 0 Å². The molecule has 0 saturated carbocycles. The number of nitrogens with zero attached hydrogens (tertiary/aromatic N) is 3. The lowest BCUT2D eigenvalue weighted by atomic mass is 9.72. The van der Waals surface area contributed by atoms with Gasteiger partial charge in [-0.1, -0.05) is 43.3 Å². The van der Waals surface area contributed by atoms with Crippen molar-refractivity contribution < 1.29 is 14.4 Å². The number of aryl methyl sites for hydroxylation is 1. The van der Waals surface area contributed by atoms with E-state index in [0.29, 0.717) is 22.6 Å². The number of primary amides is 1. The van der Waals surface area contributed by atoms with Crippen LogP contribution in [-0.2, 0) is 26.2 Å². The Hall–Kier alpha value is -3.94. The molecule has 31 heavy (non-hydrogen) atoms. The van der Waals surface area contributed by atoms with Crippen LogP contribution in [0.1, 0.15) is 30.0 Å². The largest absolute Gasteiger partial charge is 0.368 e. The van der Waals surface area contributed by atoms with Crippen molar-refractivity contribution in [2.45, 2.75) is 25.2 Å². The molecule has 2 aliphatic rings. The number of amides is 3. The number of rotatable bonds is 4. The summed E-state index contributed by atoms with van der Waals surface area (Å²) in [5.41, 5.74) is 7.96. The number of carbonyl (C=O) groups is 3. The van der Waals surface area contributed by atoms with Crippen molar-refractivity contribution in [3.05, 3.63) is 71.4 Å². The molecule has 8 nitrogen and oxygen atoms in total. The highest BCUT2D eigenvalue weighted by Gasteiger charge is 2.57. The third kappa shape index (κ3) is 2.61. The third-order valence-electron chi connectivity index (χ3n) is 6.09. The van der Waals surface area contributed by atoms with Gasteiger partial charge in [-0.25, -0.2) is 4.68 Å². The molecule has 1 aromatic heterocycles. The minimum atomic E-state index is -1.25. The molecule has 0 bridgehead atoms. The molecule has 2 aliphatic heterocycles. The molecule has 3 amide bonds. The summed E-state index contributed by atoms with van der Waals surface area (Å²) >= 11 is 0. The number of fused-ring (bicyclic) bond motifs is 4. The first-order chi connectivity index (χ1) is 15.0. The van der Waals surface area contributed by atoms with Gasteiger partial charge in [-0.3, -0.25) is 14.4 Å². The fraction of sp³-hybridized carbons (Fsp3) is 0.217. The van der Waals surface area contributed by atoms with Crippen LogP contribution in [0.25, 0.3) is 5.69 Å². The number of nitrogens with two attached hydrogens (primary N) is 1. The van der Waals surface area contributed by atoms with E-state index < -0.39 is 11.3 Å². The van der Waals surface area contributed by atoms with Gasteiger partial charge >= 0.3 is 0 Å². The summed E-state index contributed by atoms with van der Waals surface area (Å²) in [7, 11) is 0. The van der Waals surface area contributed by atoms with Crippen LogP contribution in [0.2, 0.25) is 0 Å². The molecule has 3 heterocycles. The topological polar surface area (TPSA) is 110 Å². The highest BCUT2D eigenvalue weighted by molar-refractivity contribution is 6.17. The Bertz CT molecular complexity index is 1250. The predicted molar refractivity (Wildman–Crippen MR) is 115 cm³/mol. The molecule has 1 spiro atoms. The number of anilines is 2. The Labute approximate surface area is 178 Å². The number of nitrogens with one attached hydrogen (secondary N) is 1. The van der Waals surface area contributed by atoms with Crippen molar-refractivity contribution in [3.8, 4) is 5.69 Å². The zero-order chi connectivity index (χ0) is 21.8. The first kappa shape index (κ1) is 19.0. The number of hydrogen-bond acceptors (Lipinski definition) is 4. The van der Waals surface area contributed by atoms with Crippen molar-refractivity contribution in [2.24, 2.45) is 5.73 Å². The van der Waals surface area contributed by atoms with Gasteiger partial charge in [-0.2, -0.15) is 5.10 Å². The van der Waals surface area contributed by atoms with Gasteiger partial charge in [0.2, 0.25) is 17.7 Å². The number of aromatic nitrogens is 2. The summed E-state index contributed by atoms with van der Waals surface area (Å²) in [6.45, 7) is 1.80. The van der Waals surface area contributed by atoms with E-state index in [9.17, 15) is 14.4 Å². The van der Waals surface area contributed by atoms with Gasteiger partial charge in [-0.05, 0) is 29.7 Å². The summed E-state index contributed by atoms with van der Waals surface area (Å²) < 4.78 is 1.68. The average Bonchev–Trinajstić information content (AvgIpc) is 3.28. The molecule has 3 N–H and O–H groups in total. The van der Waals surface area contributed by atoms with Crippen molar-refractivity contribution in [1.29, 1.82) is 0 Å². The summed E-state index contributed by atoms with van der Waals surface area (Å²) in [5, 5.41) is 7.48. The van der Waals surface area contributed by atoms with E-state index in [0.717, 1.165) is 17.7 Å². The van der Waals surface area contributed by atoms with Crippen molar-refractivity contribution in [3.63, 3.8) is 0 Å². The van der Waals surface area contributed by atoms with Crippen LogP contribution < -0.4 is 16.0 Å². The van der Waals surface area contributed by atoms with Gasteiger partial charge < -0.3 is 16.0 Å². The second kappa shape index (κ2) is 6.80. The maximum absolute atomic E-state index is 13.8. The fourth-order valence-electron chi connectivity index (χ4n) is 4.76. The van der Waals surface area contributed by atoms with Crippen LogP contribution in [-0.4, -0.2) is 34.0 Å². The maximum atomic E-state index is 13.8. The minimum absolute atomic E-state index is 0.0633. The molecule has 0 unspecified atom stereocenters. The van der Waals surface area contributed by atoms with Gasteiger partial charge in [0.05, 0.1) is 11.9 Å². The van der Waals surface area contributed by atoms with Gasteiger partial charge in [0.25, 0.3) is 0 Å². The van der Waals surface area contributed by atoms with E-state index in [1.54, 1.807) is 23.0 Å². The Kier molecular flexibility index (Phi) is 4.18. The summed E-state index contributed by atoms with van der Waals surface area (Å²) in [5.74, 6) is -0.770. The summed E-state index contributed by atoms with van der Waals surface area (Å²) in [4.78, 5) is 39.7. The second-order valence-electron chi connectivity index (χ2n) is 7.81. The lowest BCUT2D eigenvalue weighted by Gasteiger charge is -2.32. The Balaban J connectivity index is 1.75. The van der Waals surface area contributed by atoms with Crippen molar-refractivity contribution in [1.82, 2.24) is 9.78 Å². The smallest absolute Gasteiger partial charge is 0.243 e. The SMILES string of the molecule is CCc1ccccc1-n1ncc2c1NC(=O)C[C@@]21C(=O)N(CC(N)=O)c2ccccc21. The molecule has 8 heteroatoms. The number of hydrogen-bond donors (Lipinski definition) is 2. The average molecular weight is 415 g/mol. The lowest BCUT2D eigenvalue weighted by Crippen LogP contribution is -2.48. The van der Waals surface area contributed by atoms with E-state index in [1.165, 1.54) is 4.90 Å². The van der Waals surface area contributed by atoms with Gasteiger partial charge in [0.15, 0.2) is 0 Å². The molecular weight excluding hydrogens is 394 g/mol. The Morgan fingerprint density at radius 1 is 1.10 bits per heavy atom. The molecule has 0 radical (unpaired) electrons. The Morgan fingerprint density at radius 2 is 1.81 bits per heavy atom. The zero-order valence-electron chi connectivity index (χ0n) is 17.0. The van der Waals surface area contributed by atoms with Crippen LogP contribution in [0.5, 0.6) is 0 Å². The maximum Gasteiger partial charge on any atom is 0.243 e. The molecule has 0 fully saturated rings. The van der Waals surface area contributed by atoms with E-state index in [-0.39, 0.29) is 24.8 Å². The van der Waals surface area contributed by atoms with Crippen LogP contribution in [0.15, 0.2) is 54.7 Å². The summed E-state index contributed by atoms with van der Waals surface area (Å²) in [6, 6.07) is 15.0. The first-order valence-corrected chi connectivity index (χ1v) is 10.1. The number of para-hydroxylation sites is 2. The minimum Gasteiger partial charge on any atom is -0.368 e. The van der Waals surface area contributed by atoms with Crippen LogP contribution in [0, 0.1) is 0 Å². The monoisotopic (exact) mass is 415 g/mol. The van der Waals surface area contributed by atoms with Crippen molar-refractivity contribution in [2.75, 3.05) is 16.8 Å². The molecular formula is C23H21N5O3. The van der Waals surface area contributed by atoms with Gasteiger partial charge in [0.1, 0.15) is 17.8 Å². The van der Waals surface area contributed by atoms with Crippen LogP contribution in [0.4, 0.5) is 11.5 Å². The van der Waals surface area contributed by atoms with E-state index in [2.05, 4.69) is 10.4 Å². The van der Waals surface area contributed by atoms with E-state index in [1.807, 2.05) is 43.3 Å². The van der Waals surface area contributed by atoms with Gasteiger partial charge in [0, 0.05) is 17.7 Å². The molecule has 5 rings (SSSR count). The predicted octanol–water partition coefficient (Wildman–Crippen LogP) is 1.89. The second-order valence-corrected chi connectivity index (χ2v) is 7.81. The van der Waals surface area contributed by atoms with E-state index in [4.69, 9.17) is 5.73 Å². The highest BCUT2D eigenvalue weighted by atomic mass is 16.2. The molecule has 0 saturated heterocycles. The first-order valence-electron chi connectivity index (χ1n) is 10.1. The molecule has 1 atom stereocenters. The molecule has 0 aliphatic carbocycles. The summed E-state index contributed by atoms with van der Waals surface area (Å²) in [6.07, 6.45) is 2.37. The van der Waals surface area contributed by atoms with Crippen LogP contribution in [0.3, 0.4) is 0 Å². The highest BCUT2D eigenvalue weighted by Crippen LogP contribution is 2.52. The Morgan fingerprint density at radius 3 is 2.55 bits per heavy atom. The molecule has 2 aromatic carbocycles. The molecule has 156 valence electrons. The zero-order valence-corrected chi connectivity index (χ0v) is 17.0. The standard InChI is InChI=1S/C23H21N5O3/c1-2-14-7-3-5-9-17(14)28-21-16(12-25-28)23(11-20(30)26-21)15-8-4-6-10-18(15)27(22(23)31)13-19(24)29/h3-10,12H,2,11,13H2,1H3,(H2,24,29)(H,26,30)/t23-/m0/s1. The normalized spacial score (nSPS) is 19.3. The van der Waals surface area contributed by atoms with Gasteiger partial charge in [-0.15, -0.1) is 0 Å². The quantitative estimate of drug-likeness (QED) is 0.678. The van der Waals surface area contributed by atoms with Crippen molar-refractivity contribution >= 4 is 29.2 Å². The number of carbonyl (C=O) groups excluding carboxylic acids is 3. The molecule has 3 aromatic rings. The number of benzene rings is 2. The third-order valence-corrected chi connectivity index (χ3v) is 6.09. The fourth-order valence-corrected chi connectivity index (χ4v) is 4.76. The van der Waals surface area contributed by atoms with Crippen LogP contribution >= 0.6 is 0 Å². The lowest BCUT2D eigenvalue weighted by molar-refractivity contribution is -0.127.